The minimum Gasteiger partial charge on any atom is -0.457 e. The minimum absolute atomic E-state index is 0.150. The van der Waals surface area contributed by atoms with Gasteiger partial charge in [-0.15, -0.1) is 0 Å². The van der Waals surface area contributed by atoms with Crippen LogP contribution in [0.5, 0.6) is 11.5 Å². The molecule has 202 valence electrons. The highest BCUT2D eigenvalue weighted by atomic mass is 79.9. The van der Waals surface area contributed by atoms with Crippen molar-refractivity contribution in [3.63, 3.8) is 0 Å². The highest BCUT2D eigenvalue weighted by Gasteiger charge is 2.34. The average Bonchev–Trinajstić information content (AvgIpc) is 3.16. The summed E-state index contributed by atoms with van der Waals surface area (Å²) in [7, 11) is 3.06. The molecule has 0 saturated heterocycles. The van der Waals surface area contributed by atoms with E-state index in [9.17, 15) is 19.2 Å². The highest BCUT2D eigenvalue weighted by Crippen LogP contribution is 2.31. The topological polar surface area (TPSA) is 87.2 Å². The maximum atomic E-state index is 12.8. The summed E-state index contributed by atoms with van der Waals surface area (Å²) in [5.41, 5.74) is 1.53. The molecule has 0 N–H and O–H groups in total. The van der Waals surface area contributed by atoms with Gasteiger partial charge in [0.05, 0.1) is 21.2 Å². The number of likely N-dealkylation sites (N-methyl/N-ethyl adjacent to an activating group) is 2. The van der Waals surface area contributed by atoms with Gasteiger partial charge < -0.3 is 14.5 Å². The van der Waals surface area contributed by atoms with Gasteiger partial charge in [-0.05, 0) is 48.4 Å². The number of carbonyl (C=O) groups excluding carboxylic acids is 4. The first-order valence-corrected chi connectivity index (χ1v) is 13.5. The van der Waals surface area contributed by atoms with E-state index < -0.39 is 11.8 Å². The van der Waals surface area contributed by atoms with Crippen molar-refractivity contribution >= 4 is 62.8 Å². The van der Waals surface area contributed by atoms with E-state index in [1.54, 1.807) is 67.7 Å². The van der Waals surface area contributed by atoms with Crippen molar-refractivity contribution in [3.05, 3.63) is 91.9 Å². The van der Waals surface area contributed by atoms with E-state index in [-0.39, 0.29) is 31.4 Å². The van der Waals surface area contributed by atoms with Crippen molar-refractivity contribution in [2.75, 3.05) is 27.2 Å². The van der Waals surface area contributed by atoms with Crippen LogP contribution < -0.4 is 4.74 Å². The van der Waals surface area contributed by atoms with Gasteiger partial charge >= 0.3 is 11.8 Å². The molecule has 0 saturated carbocycles. The van der Waals surface area contributed by atoms with Crippen molar-refractivity contribution in [1.29, 1.82) is 0 Å². The summed E-state index contributed by atoms with van der Waals surface area (Å²) < 4.78 is 6.51. The van der Waals surface area contributed by atoms with E-state index in [1.165, 1.54) is 21.7 Å². The number of ether oxygens (including phenoxy) is 1. The molecule has 0 radical (unpaired) electrons. The number of carbonyl (C=O) groups is 4. The highest BCUT2D eigenvalue weighted by molar-refractivity contribution is 9.10. The molecular weight excluding hydrogens is 609 g/mol. The van der Waals surface area contributed by atoms with Gasteiger partial charge in [-0.2, -0.15) is 0 Å². The molecule has 8 nitrogen and oxygen atoms in total. The fourth-order valence-electron chi connectivity index (χ4n) is 4.06. The SMILES string of the molecule is CN(CCCN1C(=O)c2ccccc2C1=O)C(=O)C(=O)N(C)Cc1ccc(Oc2ccc(Cl)c(Cl)c2)cc1Br. The van der Waals surface area contributed by atoms with Crippen LogP contribution in [0.3, 0.4) is 0 Å². The van der Waals surface area contributed by atoms with Gasteiger partial charge in [0.1, 0.15) is 11.5 Å². The number of amides is 4. The molecule has 0 atom stereocenters. The number of hydrogen-bond acceptors (Lipinski definition) is 5. The quantitative estimate of drug-likeness (QED) is 0.237. The number of imide groups is 1. The Kier molecular flexibility index (Phi) is 8.94. The van der Waals surface area contributed by atoms with Crippen LogP contribution in [0.1, 0.15) is 32.7 Å². The van der Waals surface area contributed by atoms with Crippen LogP contribution in [0.15, 0.2) is 65.1 Å². The van der Waals surface area contributed by atoms with Crippen LogP contribution in [-0.2, 0) is 16.1 Å². The van der Waals surface area contributed by atoms with E-state index in [1.807, 2.05) is 0 Å². The first-order chi connectivity index (χ1) is 18.6. The van der Waals surface area contributed by atoms with Crippen LogP contribution in [0.25, 0.3) is 0 Å². The summed E-state index contributed by atoms with van der Waals surface area (Å²) in [5, 5.41) is 0.805. The van der Waals surface area contributed by atoms with Gasteiger partial charge in [-0.25, -0.2) is 0 Å². The molecule has 1 aliphatic heterocycles. The molecular formula is C28H24BrCl2N3O5. The Hall–Kier alpha value is -3.40. The number of hydrogen-bond donors (Lipinski definition) is 0. The average molecular weight is 633 g/mol. The Morgan fingerprint density at radius 1 is 0.846 bits per heavy atom. The monoisotopic (exact) mass is 631 g/mol. The summed E-state index contributed by atoms with van der Waals surface area (Å²) >= 11 is 15.5. The zero-order valence-corrected chi connectivity index (χ0v) is 24.2. The summed E-state index contributed by atoms with van der Waals surface area (Å²) in [6.45, 7) is 0.537. The van der Waals surface area contributed by atoms with Crippen molar-refractivity contribution in [3.8, 4) is 11.5 Å². The largest absolute Gasteiger partial charge is 0.457 e. The Morgan fingerprint density at radius 2 is 1.44 bits per heavy atom. The van der Waals surface area contributed by atoms with Crippen molar-refractivity contribution in [2.24, 2.45) is 0 Å². The van der Waals surface area contributed by atoms with E-state index >= 15 is 0 Å². The number of benzene rings is 3. The fourth-order valence-corrected chi connectivity index (χ4v) is 4.83. The van der Waals surface area contributed by atoms with Crippen LogP contribution in [-0.4, -0.2) is 65.5 Å². The summed E-state index contributed by atoms with van der Waals surface area (Å²) in [4.78, 5) is 54.3. The molecule has 3 aromatic rings. The zero-order valence-electron chi connectivity index (χ0n) is 21.1. The second kappa shape index (κ2) is 12.2. The van der Waals surface area contributed by atoms with Gasteiger partial charge in [-0.3, -0.25) is 24.1 Å². The second-order valence-corrected chi connectivity index (χ2v) is 10.6. The first-order valence-electron chi connectivity index (χ1n) is 11.9. The Morgan fingerprint density at radius 3 is 2.05 bits per heavy atom. The smallest absolute Gasteiger partial charge is 0.312 e. The lowest BCUT2D eigenvalue weighted by atomic mass is 10.1. The molecule has 0 aliphatic carbocycles. The Labute approximate surface area is 244 Å². The lowest BCUT2D eigenvalue weighted by Crippen LogP contribution is -2.43. The molecule has 11 heteroatoms. The predicted molar refractivity (Wildman–Crippen MR) is 151 cm³/mol. The van der Waals surface area contributed by atoms with Crippen LogP contribution >= 0.6 is 39.1 Å². The minimum atomic E-state index is -0.685. The van der Waals surface area contributed by atoms with Gasteiger partial charge in [0.15, 0.2) is 0 Å². The Balaban J connectivity index is 1.28. The van der Waals surface area contributed by atoms with E-state index in [0.717, 1.165) is 5.56 Å². The molecule has 4 amide bonds. The maximum Gasteiger partial charge on any atom is 0.312 e. The molecule has 0 spiro atoms. The van der Waals surface area contributed by atoms with Crippen LogP contribution in [0.4, 0.5) is 0 Å². The molecule has 0 fully saturated rings. The molecule has 4 rings (SSSR count). The molecule has 0 unspecified atom stereocenters. The predicted octanol–water partition coefficient (Wildman–Crippen LogP) is 5.65. The molecule has 1 aliphatic rings. The number of halogens is 3. The summed E-state index contributed by atoms with van der Waals surface area (Å²) in [6, 6.07) is 16.9. The lowest BCUT2D eigenvalue weighted by molar-refractivity contribution is -0.150. The number of fused-ring (bicyclic) bond motifs is 1. The standard InChI is InChI=1S/C28H24BrCl2N3O5/c1-32(12-5-13-34-25(35)20-6-3-4-7-21(20)26(34)36)27(37)28(38)33(2)16-17-8-9-18(14-22(17)29)39-19-10-11-23(30)24(31)15-19/h3-4,6-11,14-15H,5,12-13,16H2,1-2H3. The first kappa shape index (κ1) is 28.6. The van der Waals surface area contributed by atoms with Gasteiger partial charge in [0.2, 0.25) is 0 Å². The second-order valence-electron chi connectivity index (χ2n) is 8.98. The van der Waals surface area contributed by atoms with Gasteiger partial charge in [0, 0.05) is 44.3 Å². The zero-order chi connectivity index (χ0) is 28.3. The summed E-state index contributed by atoms with van der Waals surface area (Å²) in [5.74, 6) is -0.990. The maximum absolute atomic E-state index is 12.8. The molecule has 3 aromatic carbocycles. The molecule has 1 heterocycles. The summed E-state index contributed by atoms with van der Waals surface area (Å²) in [6.07, 6.45) is 0.344. The van der Waals surface area contributed by atoms with E-state index in [2.05, 4.69) is 15.9 Å². The van der Waals surface area contributed by atoms with Crippen LogP contribution in [0, 0.1) is 0 Å². The number of rotatable bonds is 8. The third kappa shape index (κ3) is 6.43. The third-order valence-electron chi connectivity index (χ3n) is 6.19. The molecule has 0 bridgehead atoms. The third-order valence-corrected chi connectivity index (χ3v) is 7.67. The van der Waals surface area contributed by atoms with Crippen molar-refractivity contribution in [1.82, 2.24) is 14.7 Å². The van der Waals surface area contributed by atoms with Gasteiger partial charge in [-0.1, -0.05) is 57.3 Å². The van der Waals surface area contributed by atoms with Gasteiger partial charge in [0.25, 0.3) is 11.8 Å². The van der Waals surface area contributed by atoms with E-state index in [0.29, 0.717) is 43.6 Å². The Bertz CT molecular complexity index is 1430. The normalized spacial score (nSPS) is 12.4. The van der Waals surface area contributed by atoms with Crippen molar-refractivity contribution in [2.45, 2.75) is 13.0 Å². The van der Waals surface area contributed by atoms with E-state index in [4.69, 9.17) is 27.9 Å². The molecule has 0 aromatic heterocycles. The number of nitrogens with zero attached hydrogens (tertiary/aromatic N) is 3. The lowest BCUT2D eigenvalue weighted by Gasteiger charge is -2.23. The molecule has 39 heavy (non-hydrogen) atoms. The fraction of sp³-hybridized carbons (Fsp3) is 0.214. The van der Waals surface area contributed by atoms with Crippen molar-refractivity contribution < 1.29 is 23.9 Å². The van der Waals surface area contributed by atoms with Crippen LogP contribution in [0.2, 0.25) is 10.0 Å².